The number of carbonyl (C=O) groups is 1. The van der Waals surface area contributed by atoms with Gasteiger partial charge in [-0.2, -0.15) is 0 Å². The van der Waals surface area contributed by atoms with Crippen LogP contribution in [0, 0.1) is 5.92 Å². The number of aryl methyl sites for hydroxylation is 1. The summed E-state index contributed by atoms with van der Waals surface area (Å²) in [7, 11) is 0. The zero-order valence-corrected chi connectivity index (χ0v) is 14.8. The van der Waals surface area contributed by atoms with Crippen molar-refractivity contribution >= 4 is 11.7 Å². The molecule has 1 atom stereocenters. The SMILES string of the molecule is CCc1ccccc1NC(=O)NCC1CCCCN1CC(C)C. The summed E-state index contributed by atoms with van der Waals surface area (Å²) >= 11 is 0. The van der Waals surface area contributed by atoms with Crippen LogP contribution in [0.1, 0.15) is 45.6 Å². The van der Waals surface area contributed by atoms with Crippen LogP contribution in [-0.2, 0) is 6.42 Å². The maximum absolute atomic E-state index is 12.2. The molecule has 0 aromatic heterocycles. The fourth-order valence-electron chi connectivity index (χ4n) is 3.33. The summed E-state index contributed by atoms with van der Waals surface area (Å²) < 4.78 is 0. The second-order valence-corrected chi connectivity index (χ2v) is 6.88. The van der Waals surface area contributed by atoms with Gasteiger partial charge in [0.25, 0.3) is 0 Å². The molecule has 1 heterocycles. The summed E-state index contributed by atoms with van der Waals surface area (Å²) in [5, 5.41) is 6.05. The molecule has 23 heavy (non-hydrogen) atoms. The fourth-order valence-corrected chi connectivity index (χ4v) is 3.33. The van der Waals surface area contributed by atoms with Crippen LogP contribution in [0.15, 0.2) is 24.3 Å². The van der Waals surface area contributed by atoms with Crippen molar-refractivity contribution in [2.24, 2.45) is 5.92 Å². The molecule has 0 saturated carbocycles. The van der Waals surface area contributed by atoms with Gasteiger partial charge in [-0.1, -0.05) is 45.4 Å². The average molecular weight is 317 g/mol. The molecule has 1 unspecified atom stereocenters. The summed E-state index contributed by atoms with van der Waals surface area (Å²) in [6.45, 7) is 9.62. The Morgan fingerprint density at radius 3 is 2.83 bits per heavy atom. The van der Waals surface area contributed by atoms with Crippen LogP contribution in [-0.4, -0.2) is 36.6 Å². The van der Waals surface area contributed by atoms with E-state index in [1.54, 1.807) is 0 Å². The molecule has 0 bridgehead atoms. The third-order valence-corrected chi connectivity index (χ3v) is 4.49. The first-order valence-corrected chi connectivity index (χ1v) is 8.97. The van der Waals surface area contributed by atoms with E-state index in [9.17, 15) is 4.79 Å². The third kappa shape index (κ3) is 5.54. The molecule has 2 amide bonds. The highest BCUT2D eigenvalue weighted by molar-refractivity contribution is 5.90. The van der Waals surface area contributed by atoms with Crippen molar-refractivity contribution in [3.05, 3.63) is 29.8 Å². The van der Waals surface area contributed by atoms with Gasteiger partial charge in [-0.15, -0.1) is 0 Å². The van der Waals surface area contributed by atoms with E-state index in [-0.39, 0.29) is 6.03 Å². The van der Waals surface area contributed by atoms with E-state index >= 15 is 0 Å². The summed E-state index contributed by atoms with van der Waals surface area (Å²) in [5.74, 6) is 0.667. The predicted octanol–water partition coefficient (Wildman–Crippen LogP) is 3.88. The van der Waals surface area contributed by atoms with Crippen LogP contribution in [0.4, 0.5) is 10.5 Å². The Labute approximate surface area is 140 Å². The van der Waals surface area contributed by atoms with E-state index in [4.69, 9.17) is 0 Å². The number of para-hydroxylation sites is 1. The zero-order chi connectivity index (χ0) is 16.7. The Hall–Kier alpha value is -1.55. The van der Waals surface area contributed by atoms with Crippen molar-refractivity contribution in [1.82, 2.24) is 10.2 Å². The van der Waals surface area contributed by atoms with Gasteiger partial charge < -0.3 is 10.6 Å². The average Bonchev–Trinajstić information content (AvgIpc) is 2.54. The molecule has 1 saturated heterocycles. The van der Waals surface area contributed by atoms with E-state index in [1.165, 1.54) is 24.8 Å². The van der Waals surface area contributed by atoms with Crippen molar-refractivity contribution in [1.29, 1.82) is 0 Å². The fraction of sp³-hybridized carbons (Fsp3) is 0.632. The van der Waals surface area contributed by atoms with Crippen LogP contribution < -0.4 is 10.6 Å². The van der Waals surface area contributed by atoms with Crippen LogP contribution >= 0.6 is 0 Å². The van der Waals surface area contributed by atoms with E-state index in [2.05, 4.69) is 42.4 Å². The minimum absolute atomic E-state index is 0.0963. The first kappa shape index (κ1) is 17.8. The highest BCUT2D eigenvalue weighted by atomic mass is 16.2. The molecule has 1 aliphatic heterocycles. The lowest BCUT2D eigenvalue weighted by Crippen LogP contribution is -2.48. The summed E-state index contributed by atoms with van der Waals surface area (Å²) in [4.78, 5) is 14.7. The molecule has 2 rings (SSSR count). The van der Waals surface area contributed by atoms with Crippen LogP contribution in [0.3, 0.4) is 0 Å². The van der Waals surface area contributed by atoms with Crippen molar-refractivity contribution in [2.75, 3.05) is 25.0 Å². The highest BCUT2D eigenvalue weighted by Crippen LogP contribution is 2.18. The van der Waals surface area contributed by atoms with Gasteiger partial charge in [-0.05, 0) is 43.4 Å². The number of piperidine rings is 1. The molecule has 0 spiro atoms. The number of nitrogens with one attached hydrogen (secondary N) is 2. The number of urea groups is 1. The Morgan fingerprint density at radius 2 is 2.09 bits per heavy atom. The molecule has 1 aromatic carbocycles. The smallest absolute Gasteiger partial charge is 0.319 e. The number of anilines is 1. The van der Waals surface area contributed by atoms with Crippen LogP contribution in [0.2, 0.25) is 0 Å². The lowest BCUT2D eigenvalue weighted by Gasteiger charge is -2.36. The van der Waals surface area contributed by atoms with E-state index in [1.807, 2.05) is 18.2 Å². The molecule has 1 aromatic rings. The summed E-state index contributed by atoms with van der Waals surface area (Å²) in [5.41, 5.74) is 2.08. The van der Waals surface area contributed by atoms with Gasteiger partial charge in [0.05, 0.1) is 0 Å². The zero-order valence-electron chi connectivity index (χ0n) is 14.8. The van der Waals surface area contributed by atoms with E-state index in [0.29, 0.717) is 12.0 Å². The highest BCUT2D eigenvalue weighted by Gasteiger charge is 2.23. The van der Waals surface area contributed by atoms with Crippen molar-refractivity contribution in [2.45, 2.75) is 52.5 Å². The Balaban J connectivity index is 1.85. The van der Waals surface area contributed by atoms with E-state index in [0.717, 1.165) is 31.7 Å². The summed E-state index contributed by atoms with van der Waals surface area (Å²) in [6.07, 6.45) is 4.64. The summed E-state index contributed by atoms with van der Waals surface area (Å²) in [6, 6.07) is 8.36. The molecular formula is C19H31N3O. The third-order valence-electron chi connectivity index (χ3n) is 4.49. The van der Waals surface area contributed by atoms with Crippen LogP contribution in [0.5, 0.6) is 0 Å². The monoisotopic (exact) mass is 317 g/mol. The normalized spacial score (nSPS) is 18.9. The number of nitrogens with zero attached hydrogens (tertiary/aromatic N) is 1. The second kappa shape index (κ2) is 8.92. The van der Waals surface area contributed by atoms with Gasteiger partial charge in [0, 0.05) is 24.8 Å². The largest absolute Gasteiger partial charge is 0.336 e. The molecular weight excluding hydrogens is 286 g/mol. The molecule has 1 fully saturated rings. The van der Waals surface area contributed by atoms with Crippen molar-refractivity contribution in [3.63, 3.8) is 0 Å². The number of hydrogen-bond donors (Lipinski definition) is 2. The molecule has 4 heteroatoms. The van der Waals surface area contributed by atoms with Gasteiger partial charge in [0.2, 0.25) is 0 Å². The number of carbonyl (C=O) groups excluding carboxylic acids is 1. The first-order valence-electron chi connectivity index (χ1n) is 8.97. The van der Waals surface area contributed by atoms with Gasteiger partial charge in [0.1, 0.15) is 0 Å². The number of hydrogen-bond acceptors (Lipinski definition) is 2. The molecule has 4 nitrogen and oxygen atoms in total. The number of amides is 2. The molecule has 1 aliphatic rings. The lowest BCUT2D eigenvalue weighted by atomic mass is 10.0. The van der Waals surface area contributed by atoms with Gasteiger partial charge in [0.15, 0.2) is 0 Å². The minimum Gasteiger partial charge on any atom is -0.336 e. The molecule has 128 valence electrons. The number of likely N-dealkylation sites (tertiary alicyclic amines) is 1. The van der Waals surface area contributed by atoms with Crippen molar-refractivity contribution in [3.8, 4) is 0 Å². The minimum atomic E-state index is -0.0963. The van der Waals surface area contributed by atoms with Crippen molar-refractivity contribution < 1.29 is 4.79 Å². The van der Waals surface area contributed by atoms with Gasteiger partial charge in [-0.25, -0.2) is 4.79 Å². The Morgan fingerprint density at radius 1 is 1.30 bits per heavy atom. The standard InChI is InChI=1S/C19H31N3O/c1-4-16-9-5-6-11-18(16)21-19(23)20-13-17-10-7-8-12-22(17)14-15(2)3/h5-6,9,11,15,17H,4,7-8,10,12-14H2,1-3H3,(H2,20,21,23). The molecule has 0 radical (unpaired) electrons. The van der Waals surface area contributed by atoms with Crippen LogP contribution in [0.25, 0.3) is 0 Å². The quantitative estimate of drug-likeness (QED) is 0.836. The Bertz CT molecular complexity index is 501. The molecule has 2 N–H and O–H groups in total. The number of rotatable bonds is 6. The van der Waals surface area contributed by atoms with E-state index < -0.39 is 0 Å². The maximum Gasteiger partial charge on any atom is 0.319 e. The topological polar surface area (TPSA) is 44.4 Å². The Kier molecular flexibility index (Phi) is 6.90. The predicted molar refractivity (Wildman–Crippen MR) is 96.9 cm³/mol. The van der Waals surface area contributed by atoms with Gasteiger partial charge in [-0.3, -0.25) is 4.90 Å². The lowest BCUT2D eigenvalue weighted by molar-refractivity contribution is 0.131. The molecule has 0 aliphatic carbocycles. The second-order valence-electron chi connectivity index (χ2n) is 6.88. The number of benzene rings is 1. The first-order chi connectivity index (χ1) is 11.1. The van der Waals surface area contributed by atoms with Gasteiger partial charge >= 0.3 is 6.03 Å². The maximum atomic E-state index is 12.2.